The van der Waals surface area contributed by atoms with Gasteiger partial charge < -0.3 is 4.74 Å². The van der Waals surface area contributed by atoms with Crippen molar-refractivity contribution >= 4 is 17.5 Å². The Labute approximate surface area is 211 Å². The SMILES string of the molecule is COC(=O)[C@]12CCC(C)(C)C[C@H]1C1=CC(=O)[C@@H]3[C@@]4(C)C=CC(=O)C(C)(C)[C@@H]4CC[C@@]3(C)[C@]1(C)CC2. The zero-order valence-corrected chi connectivity index (χ0v) is 23.0. The molecule has 0 aromatic heterocycles. The summed E-state index contributed by atoms with van der Waals surface area (Å²) in [4.78, 5) is 40.4. The molecule has 0 radical (unpaired) electrons. The predicted molar refractivity (Wildman–Crippen MR) is 136 cm³/mol. The Kier molecular flexibility index (Phi) is 5.13. The van der Waals surface area contributed by atoms with Crippen LogP contribution in [0.5, 0.6) is 0 Å². The Morgan fingerprint density at radius 1 is 0.943 bits per heavy atom. The third-order valence-corrected chi connectivity index (χ3v) is 12.3. The van der Waals surface area contributed by atoms with Crippen molar-refractivity contribution in [1.29, 1.82) is 0 Å². The number of fused-ring (bicyclic) bond motifs is 7. The summed E-state index contributed by atoms with van der Waals surface area (Å²) in [6.45, 7) is 15.7. The van der Waals surface area contributed by atoms with Crippen LogP contribution < -0.4 is 0 Å². The lowest BCUT2D eigenvalue weighted by Gasteiger charge is -2.68. The van der Waals surface area contributed by atoms with Gasteiger partial charge in [0.15, 0.2) is 11.6 Å². The molecule has 0 aromatic rings. The highest BCUT2D eigenvalue weighted by Crippen LogP contribution is 2.74. The lowest BCUT2D eigenvalue weighted by Crippen LogP contribution is -2.66. The number of allylic oxidation sites excluding steroid dienone is 4. The molecule has 0 amide bonds. The van der Waals surface area contributed by atoms with Crippen LogP contribution >= 0.6 is 0 Å². The average molecular weight is 481 g/mol. The molecule has 35 heavy (non-hydrogen) atoms. The first-order valence-corrected chi connectivity index (χ1v) is 13.7. The van der Waals surface area contributed by atoms with Crippen LogP contribution in [0.1, 0.15) is 93.4 Å². The first-order valence-electron chi connectivity index (χ1n) is 13.7. The monoisotopic (exact) mass is 480 g/mol. The van der Waals surface area contributed by atoms with E-state index in [0.29, 0.717) is 0 Å². The smallest absolute Gasteiger partial charge is 0.312 e. The highest BCUT2D eigenvalue weighted by Gasteiger charge is 2.70. The summed E-state index contributed by atoms with van der Waals surface area (Å²) in [5, 5.41) is 0. The Morgan fingerprint density at radius 2 is 1.60 bits per heavy atom. The van der Waals surface area contributed by atoms with Crippen molar-refractivity contribution < 1.29 is 19.1 Å². The van der Waals surface area contributed by atoms with E-state index in [-0.39, 0.29) is 56.9 Å². The second-order valence-electron chi connectivity index (χ2n) is 14.6. The second-order valence-corrected chi connectivity index (χ2v) is 14.6. The van der Waals surface area contributed by atoms with Crippen LogP contribution in [-0.4, -0.2) is 24.6 Å². The van der Waals surface area contributed by atoms with E-state index in [2.05, 4.69) is 54.5 Å². The maximum atomic E-state index is 14.3. The van der Waals surface area contributed by atoms with Crippen LogP contribution in [0.3, 0.4) is 0 Å². The van der Waals surface area contributed by atoms with E-state index in [1.807, 2.05) is 6.08 Å². The third kappa shape index (κ3) is 2.95. The summed E-state index contributed by atoms with van der Waals surface area (Å²) in [5.41, 5.74) is -0.367. The van der Waals surface area contributed by atoms with E-state index in [9.17, 15) is 14.4 Å². The summed E-state index contributed by atoms with van der Waals surface area (Å²) < 4.78 is 5.42. The van der Waals surface area contributed by atoms with Crippen LogP contribution in [0.4, 0.5) is 0 Å². The Balaban J connectivity index is 1.68. The minimum Gasteiger partial charge on any atom is -0.469 e. The summed E-state index contributed by atoms with van der Waals surface area (Å²) in [7, 11) is 1.51. The molecule has 0 N–H and O–H groups in total. The number of carbonyl (C=O) groups is 3. The van der Waals surface area contributed by atoms with E-state index in [1.165, 1.54) is 12.7 Å². The van der Waals surface area contributed by atoms with Crippen LogP contribution in [0.2, 0.25) is 0 Å². The Morgan fingerprint density at radius 3 is 2.26 bits per heavy atom. The standard InChI is InChI=1S/C31H44O4/c1-26(2)13-15-31(25(34)35-8)16-14-29(6)19(20(31)18-26)17-21(32)24-28(5)11-10-23(33)27(3,4)22(28)9-12-30(24,29)7/h10-11,17,20,22,24H,9,12-16,18H2,1-8H3/t20-,22-,24+,28-,29+,30+,31-/m0/s1. The van der Waals surface area contributed by atoms with Gasteiger partial charge in [0.25, 0.3) is 0 Å². The van der Waals surface area contributed by atoms with Crippen molar-refractivity contribution in [2.24, 2.45) is 50.2 Å². The summed E-state index contributed by atoms with van der Waals surface area (Å²) >= 11 is 0. The summed E-state index contributed by atoms with van der Waals surface area (Å²) in [6, 6.07) is 0. The molecule has 0 heterocycles. The number of hydrogen-bond acceptors (Lipinski definition) is 4. The van der Waals surface area contributed by atoms with Gasteiger partial charge in [-0.1, -0.05) is 60.1 Å². The van der Waals surface area contributed by atoms with E-state index < -0.39 is 10.8 Å². The van der Waals surface area contributed by atoms with Crippen molar-refractivity contribution in [3.63, 3.8) is 0 Å². The first kappa shape index (κ1) is 25.0. The Hall–Kier alpha value is -1.71. The van der Waals surface area contributed by atoms with Crippen molar-refractivity contribution in [3.05, 3.63) is 23.8 Å². The van der Waals surface area contributed by atoms with E-state index in [0.717, 1.165) is 44.9 Å². The highest BCUT2D eigenvalue weighted by atomic mass is 16.5. The average Bonchev–Trinajstić information content (AvgIpc) is 2.77. The molecule has 3 fully saturated rings. The van der Waals surface area contributed by atoms with E-state index in [4.69, 9.17) is 4.74 Å². The molecular weight excluding hydrogens is 436 g/mol. The van der Waals surface area contributed by atoms with Crippen LogP contribution in [0.15, 0.2) is 23.8 Å². The van der Waals surface area contributed by atoms with Gasteiger partial charge in [0.2, 0.25) is 0 Å². The van der Waals surface area contributed by atoms with Crippen LogP contribution in [0, 0.1) is 50.2 Å². The fraction of sp³-hybridized carbons (Fsp3) is 0.774. The number of methoxy groups -OCH3 is 1. The van der Waals surface area contributed by atoms with Crippen molar-refractivity contribution in [3.8, 4) is 0 Å². The normalized spacial score (nSPS) is 47.5. The predicted octanol–water partition coefficient (Wildman–Crippen LogP) is 6.49. The molecule has 7 atom stereocenters. The molecule has 0 unspecified atom stereocenters. The molecule has 3 saturated carbocycles. The minimum atomic E-state index is -0.515. The molecule has 4 heteroatoms. The number of ether oxygens (including phenoxy) is 1. The Bertz CT molecular complexity index is 1060. The molecule has 0 saturated heterocycles. The molecule has 5 aliphatic carbocycles. The van der Waals surface area contributed by atoms with Gasteiger partial charge in [-0.3, -0.25) is 14.4 Å². The van der Waals surface area contributed by atoms with Crippen molar-refractivity contribution in [2.45, 2.75) is 93.4 Å². The maximum absolute atomic E-state index is 14.3. The van der Waals surface area contributed by atoms with Gasteiger partial charge in [-0.05, 0) is 85.2 Å². The number of carbonyl (C=O) groups excluding carboxylic acids is 3. The minimum absolute atomic E-state index is 0.0459. The van der Waals surface area contributed by atoms with Gasteiger partial charge in [0.05, 0.1) is 12.5 Å². The van der Waals surface area contributed by atoms with Crippen LogP contribution in [0.25, 0.3) is 0 Å². The fourth-order valence-electron chi connectivity index (χ4n) is 9.95. The first-order chi connectivity index (χ1) is 16.1. The molecule has 192 valence electrons. The molecule has 0 aliphatic heterocycles. The molecule has 4 nitrogen and oxygen atoms in total. The van der Waals surface area contributed by atoms with Crippen molar-refractivity contribution in [2.75, 3.05) is 7.11 Å². The van der Waals surface area contributed by atoms with Gasteiger partial charge in [0.1, 0.15) is 0 Å². The zero-order valence-electron chi connectivity index (χ0n) is 23.0. The van der Waals surface area contributed by atoms with Gasteiger partial charge in [-0.2, -0.15) is 0 Å². The highest BCUT2D eigenvalue weighted by molar-refractivity contribution is 5.99. The summed E-state index contributed by atoms with van der Waals surface area (Å²) in [5.74, 6) is 0.328. The van der Waals surface area contributed by atoms with Gasteiger partial charge in [-0.15, -0.1) is 0 Å². The lowest BCUT2D eigenvalue weighted by atomic mass is 9.34. The van der Waals surface area contributed by atoms with Crippen LogP contribution in [-0.2, 0) is 19.1 Å². The largest absolute Gasteiger partial charge is 0.469 e. The van der Waals surface area contributed by atoms with E-state index >= 15 is 0 Å². The van der Waals surface area contributed by atoms with Gasteiger partial charge >= 0.3 is 5.97 Å². The molecule has 0 bridgehead atoms. The van der Waals surface area contributed by atoms with Crippen molar-refractivity contribution in [1.82, 2.24) is 0 Å². The third-order valence-electron chi connectivity index (χ3n) is 12.3. The number of esters is 1. The van der Waals surface area contributed by atoms with E-state index in [1.54, 1.807) is 6.08 Å². The van der Waals surface area contributed by atoms with Gasteiger partial charge in [-0.25, -0.2) is 0 Å². The number of rotatable bonds is 1. The maximum Gasteiger partial charge on any atom is 0.312 e. The molecule has 5 rings (SSSR count). The molecule has 5 aliphatic rings. The molecule has 0 spiro atoms. The lowest BCUT2D eigenvalue weighted by molar-refractivity contribution is -0.180. The zero-order chi connectivity index (χ0) is 25.8. The number of ketones is 2. The topological polar surface area (TPSA) is 60.4 Å². The molecule has 0 aromatic carbocycles. The number of hydrogen-bond donors (Lipinski definition) is 0. The summed E-state index contributed by atoms with van der Waals surface area (Å²) in [6.07, 6.45) is 12.2. The quantitative estimate of drug-likeness (QED) is 0.403. The fourth-order valence-corrected chi connectivity index (χ4v) is 9.95. The van der Waals surface area contributed by atoms with Gasteiger partial charge in [0, 0.05) is 16.7 Å². The second kappa shape index (κ2) is 7.19. The molecular formula is C31H44O4.